The van der Waals surface area contributed by atoms with Crippen LogP contribution in [-0.4, -0.2) is 50.2 Å². The number of carboxylic acid groups (broad SMARTS) is 2. The van der Waals surface area contributed by atoms with Gasteiger partial charge in [0.25, 0.3) is 0 Å². The second-order valence-electron chi connectivity index (χ2n) is 8.33. The van der Waals surface area contributed by atoms with Crippen LogP contribution in [0.25, 0.3) is 11.1 Å². The summed E-state index contributed by atoms with van der Waals surface area (Å²) in [5.74, 6) is -2.60. The highest BCUT2D eigenvalue weighted by atomic mass is 19.4. The van der Waals surface area contributed by atoms with Crippen molar-refractivity contribution >= 4 is 23.4 Å². The van der Waals surface area contributed by atoms with Gasteiger partial charge >= 0.3 is 18.1 Å². The van der Waals surface area contributed by atoms with Gasteiger partial charge in [0.15, 0.2) is 0 Å². The van der Waals surface area contributed by atoms with E-state index in [4.69, 9.17) is 19.7 Å². The molecule has 0 atom stereocenters. The summed E-state index contributed by atoms with van der Waals surface area (Å²) in [4.78, 5) is 24.8. The number of nitrogens with zero attached hydrogens (tertiary/aromatic N) is 3. The monoisotopic (exact) mass is 494 g/mol. The Kier molecular flexibility index (Phi) is 8.11. The van der Waals surface area contributed by atoms with Crippen LogP contribution in [0.5, 0.6) is 5.75 Å². The number of aliphatic carboxylic acids is 1. The van der Waals surface area contributed by atoms with Crippen LogP contribution in [0.2, 0.25) is 0 Å². The van der Waals surface area contributed by atoms with Gasteiger partial charge in [0.2, 0.25) is 0 Å². The number of carbonyl (C=O) groups is 2. The number of alkyl halides is 3. The maximum atomic E-state index is 11.8. The Morgan fingerprint density at radius 3 is 2.09 bits per heavy atom. The van der Waals surface area contributed by atoms with E-state index in [-0.39, 0.29) is 11.0 Å². The molecule has 0 saturated carbocycles. The Morgan fingerprint density at radius 2 is 1.63 bits per heavy atom. The highest BCUT2D eigenvalue weighted by Crippen LogP contribution is 2.39. The van der Waals surface area contributed by atoms with Crippen molar-refractivity contribution in [2.24, 2.45) is 7.05 Å². The highest BCUT2D eigenvalue weighted by molar-refractivity contribution is 5.96. The van der Waals surface area contributed by atoms with Gasteiger partial charge in [-0.15, -0.1) is 0 Å². The number of nitrogens with one attached hydrogen (secondary N) is 1. The number of ether oxygens (including phenoxy) is 1. The summed E-state index contributed by atoms with van der Waals surface area (Å²) >= 11 is 0. The summed E-state index contributed by atoms with van der Waals surface area (Å²) in [5.41, 5.74) is 3.18. The molecule has 0 aliphatic carbocycles. The molecule has 0 spiro atoms. The summed E-state index contributed by atoms with van der Waals surface area (Å²) < 4.78 is 38.6. The molecule has 0 radical (unpaired) electrons. The van der Waals surface area contributed by atoms with E-state index in [9.17, 15) is 23.1 Å². The minimum absolute atomic E-state index is 0.124. The molecule has 188 valence electrons. The summed E-state index contributed by atoms with van der Waals surface area (Å²) in [5, 5.41) is 24.8. The number of hydrogen-bond donors (Lipinski definition) is 3. The van der Waals surface area contributed by atoms with Gasteiger partial charge in [-0.2, -0.15) is 18.3 Å². The van der Waals surface area contributed by atoms with Crippen LogP contribution < -0.4 is 10.1 Å². The number of aryl methyl sites for hydroxylation is 1. The van der Waals surface area contributed by atoms with Crippen LogP contribution in [0.3, 0.4) is 0 Å². The Labute approximate surface area is 199 Å². The number of halogens is 3. The molecule has 9 nitrogen and oxygen atoms in total. The van der Waals surface area contributed by atoms with Crippen LogP contribution in [0, 0.1) is 0 Å². The van der Waals surface area contributed by atoms with Gasteiger partial charge in [0.05, 0.1) is 24.1 Å². The fraction of sp³-hybridized carbons (Fsp3) is 0.304. The first-order valence-electron chi connectivity index (χ1n) is 10.1. The maximum Gasteiger partial charge on any atom is 0.490 e. The van der Waals surface area contributed by atoms with E-state index in [0.717, 1.165) is 16.8 Å². The molecule has 1 aromatic carbocycles. The Bertz CT molecular complexity index is 1200. The average Bonchev–Trinajstić information content (AvgIpc) is 3.10. The lowest BCUT2D eigenvalue weighted by atomic mass is 9.87. The van der Waals surface area contributed by atoms with Gasteiger partial charge < -0.3 is 20.3 Å². The molecule has 0 bridgehead atoms. The molecular weight excluding hydrogens is 469 g/mol. The number of aromatic nitrogens is 3. The first-order valence-corrected chi connectivity index (χ1v) is 10.1. The fourth-order valence-electron chi connectivity index (χ4n) is 3.05. The minimum Gasteiger partial charge on any atom is -0.497 e. The zero-order chi connectivity index (χ0) is 26.6. The average molecular weight is 494 g/mol. The van der Waals surface area contributed by atoms with Gasteiger partial charge in [-0.25, -0.2) is 9.59 Å². The number of pyridine rings is 1. The van der Waals surface area contributed by atoms with E-state index in [2.05, 4.69) is 31.1 Å². The standard InChI is InChI=1S/C21H24N4O3.C2HF3O2/c1-21(2,3)18-17(13-8-10-22-11-9-13)19(25(4)24-18)23-16-7-6-14(28-5)12-15(16)20(26)27;3-2(4,5)1(6)7/h6-12,23H,1-5H3,(H,26,27);(H,6,7). The summed E-state index contributed by atoms with van der Waals surface area (Å²) in [6.45, 7) is 6.29. The van der Waals surface area contributed by atoms with Crippen LogP contribution >= 0.6 is 0 Å². The topological polar surface area (TPSA) is 127 Å². The predicted molar refractivity (Wildman–Crippen MR) is 122 cm³/mol. The molecule has 2 aromatic heterocycles. The summed E-state index contributed by atoms with van der Waals surface area (Å²) in [7, 11) is 3.35. The van der Waals surface area contributed by atoms with Crippen molar-refractivity contribution in [3.8, 4) is 16.9 Å². The summed E-state index contributed by atoms with van der Waals surface area (Å²) in [6, 6.07) is 8.76. The van der Waals surface area contributed by atoms with Crippen LogP contribution in [0.15, 0.2) is 42.7 Å². The largest absolute Gasteiger partial charge is 0.497 e. The van der Waals surface area contributed by atoms with Crippen molar-refractivity contribution in [2.75, 3.05) is 12.4 Å². The zero-order valence-electron chi connectivity index (χ0n) is 19.6. The van der Waals surface area contributed by atoms with E-state index >= 15 is 0 Å². The maximum absolute atomic E-state index is 11.8. The van der Waals surface area contributed by atoms with Gasteiger partial charge in [-0.3, -0.25) is 9.67 Å². The van der Waals surface area contributed by atoms with Crippen molar-refractivity contribution in [3.63, 3.8) is 0 Å². The third kappa shape index (κ3) is 6.71. The van der Waals surface area contributed by atoms with Gasteiger partial charge in [-0.05, 0) is 35.9 Å². The summed E-state index contributed by atoms with van der Waals surface area (Å²) in [6.07, 6.45) is -1.62. The normalized spacial score (nSPS) is 11.3. The van der Waals surface area contributed by atoms with Crippen molar-refractivity contribution in [3.05, 3.63) is 54.0 Å². The third-order valence-corrected chi connectivity index (χ3v) is 4.68. The first-order chi connectivity index (χ1) is 16.2. The molecule has 0 aliphatic heterocycles. The zero-order valence-corrected chi connectivity index (χ0v) is 19.6. The van der Waals surface area contributed by atoms with Crippen LogP contribution in [-0.2, 0) is 17.3 Å². The van der Waals surface area contributed by atoms with E-state index in [1.165, 1.54) is 13.2 Å². The van der Waals surface area contributed by atoms with Crippen molar-refractivity contribution in [1.29, 1.82) is 0 Å². The molecule has 35 heavy (non-hydrogen) atoms. The third-order valence-electron chi connectivity index (χ3n) is 4.68. The van der Waals surface area contributed by atoms with Gasteiger partial charge in [0, 0.05) is 30.4 Å². The van der Waals surface area contributed by atoms with Crippen molar-refractivity contribution in [2.45, 2.75) is 32.4 Å². The number of methoxy groups -OCH3 is 1. The molecule has 3 aromatic rings. The van der Waals surface area contributed by atoms with Crippen molar-refractivity contribution < 1.29 is 37.7 Å². The predicted octanol–water partition coefficient (Wildman–Crippen LogP) is 4.86. The molecule has 3 N–H and O–H groups in total. The highest BCUT2D eigenvalue weighted by Gasteiger charge is 2.38. The van der Waals surface area contributed by atoms with E-state index in [1.807, 2.05) is 19.2 Å². The lowest BCUT2D eigenvalue weighted by molar-refractivity contribution is -0.192. The molecule has 0 amide bonds. The fourth-order valence-corrected chi connectivity index (χ4v) is 3.05. The second-order valence-corrected chi connectivity index (χ2v) is 8.33. The Hall–Kier alpha value is -4.09. The number of carboxylic acids is 2. The van der Waals surface area contributed by atoms with E-state index < -0.39 is 18.1 Å². The van der Waals surface area contributed by atoms with Crippen LogP contribution in [0.1, 0.15) is 36.8 Å². The molecular formula is C23H25F3N4O5. The number of benzene rings is 1. The first kappa shape index (κ1) is 27.2. The number of anilines is 2. The van der Waals surface area contributed by atoms with Crippen LogP contribution in [0.4, 0.5) is 24.7 Å². The van der Waals surface area contributed by atoms with E-state index in [0.29, 0.717) is 17.3 Å². The molecule has 0 saturated heterocycles. The quantitative estimate of drug-likeness (QED) is 0.459. The molecule has 3 rings (SSSR count). The molecule has 2 heterocycles. The Morgan fingerprint density at radius 1 is 1.06 bits per heavy atom. The minimum atomic E-state index is -5.08. The second kappa shape index (κ2) is 10.5. The lowest BCUT2D eigenvalue weighted by Crippen LogP contribution is -2.21. The van der Waals surface area contributed by atoms with E-state index in [1.54, 1.807) is 29.2 Å². The molecule has 0 fully saturated rings. The Balaban J connectivity index is 0.000000540. The molecule has 0 unspecified atom stereocenters. The van der Waals surface area contributed by atoms with Gasteiger partial charge in [-0.1, -0.05) is 20.8 Å². The SMILES string of the molecule is COc1ccc(Nc2c(-c3ccncc3)c(C(C)(C)C)nn2C)c(C(=O)O)c1.O=C(O)C(F)(F)F. The lowest BCUT2D eigenvalue weighted by Gasteiger charge is -2.18. The molecule has 0 aliphatic rings. The van der Waals surface area contributed by atoms with Gasteiger partial charge in [0.1, 0.15) is 11.6 Å². The van der Waals surface area contributed by atoms with Crippen molar-refractivity contribution in [1.82, 2.24) is 14.8 Å². The number of hydrogen-bond acceptors (Lipinski definition) is 6. The number of rotatable bonds is 5. The smallest absolute Gasteiger partial charge is 0.490 e. The number of aromatic carboxylic acids is 1. The molecule has 12 heteroatoms.